The van der Waals surface area contributed by atoms with E-state index in [1.165, 1.54) is 10.6 Å². The van der Waals surface area contributed by atoms with Gasteiger partial charge in [0.05, 0.1) is 17.5 Å². The lowest BCUT2D eigenvalue weighted by atomic mass is 9.99. The summed E-state index contributed by atoms with van der Waals surface area (Å²) in [5.74, 6) is -0.853. The van der Waals surface area contributed by atoms with Crippen molar-refractivity contribution < 1.29 is 22.7 Å². The topological polar surface area (TPSA) is 80.8 Å². The normalized spacial score (nSPS) is 13.8. The van der Waals surface area contributed by atoms with Crippen LogP contribution in [0.3, 0.4) is 0 Å². The van der Waals surface area contributed by atoms with E-state index in [2.05, 4.69) is 0 Å². The number of carbonyl (C=O) groups excluding carboxylic acids is 2. The van der Waals surface area contributed by atoms with Crippen molar-refractivity contribution in [1.29, 1.82) is 0 Å². The molecule has 0 radical (unpaired) electrons. The number of sulfonamides is 1. The van der Waals surface area contributed by atoms with Gasteiger partial charge in [-0.05, 0) is 67.6 Å². The first-order valence-electron chi connectivity index (χ1n) is 9.05. The van der Waals surface area contributed by atoms with Crippen LogP contribution in [-0.4, -0.2) is 39.6 Å². The lowest BCUT2D eigenvalue weighted by Gasteiger charge is -2.29. The molecule has 0 atom stereocenters. The molecule has 7 heteroatoms. The van der Waals surface area contributed by atoms with Crippen LogP contribution in [0, 0.1) is 13.8 Å². The third-order valence-electron chi connectivity index (χ3n) is 5.04. The van der Waals surface area contributed by atoms with Crippen molar-refractivity contribution in [2.45, 2.75) is 26.7 Å². The van der Waals surface area contributed by atoms with Gasteiger partial charge in [0.15, 0.2) is 12.4 Å². The van der Waals surface area contributed by atoms with Crippen LogP contribution in [0.1, 0.15) is 43.8 Å². The van der Waals surface area contributed by atoms with Crippen molar-refractivity contribution >= 4 is 27.5 Å². The Kier molecular flexibility index (Phi) is 5.56. The van der Waals surface area contributed by atoms with Gasteiger partial charge < -0.3 is 4.74 Å². The fraction of sp³-hybridized carbons (Fsp3) is 0.333. The van der Waals surface area contributed by atoms with Crippen LogP contribution in [0.4, 0.5) is 5.69 Å². The van der Waals surface area contributed by atoms with Crippen molar-refractivity contribution in [2.24, 2.45) is 0 Å². The third-order valence-corrected chi connectivity index (χ3v) is 6.22. The van der Waals surface area contributed by atoms with E-state index in [1.807, 2.05) is 19.9 Å². The van der Waals surface area contributed by atoms with Crippen LogP contribution in [0.25, 0.3) is 0 Å². The van der Waals surface area contributed by atoms with Gasteiger partial charge >= 0.3 is 5.97 Å². The molecule has 2 aromatic carbocycles. The standard InChI is InChI=1S/C21H23NO5S/c1-14-6-4-8-18(15(14)2)21(24)27-13-20(23)17-9-10-19-16(12-17)7-5-11-22(19)28(3,25)26/h4,6,8-10,12H,5,7,11,13H2,1-3H3. The van der Waals surface area contributed by atoms with Gasteiger partial charge in [-0.25, -0.2) is 13.2 Å². The van der Waals surface area contributed by atoms with Crippen LogP contribution in [0.15, 0.2) is 36.4 Å². The van der Waals surface area contributed by atoms with Gasteiger partial charge in [-0.15, -0.1) is 0 Å². The van der Waals surface area contributed by atoms with Crippen LogP contribution in [-0.2, 0) is 21.2 Å². The first-order chi connectivity index (χ1) is 13.2. The molecule has 0 bridgehead atoms. The maximum absolute atomic E-state index is 12.5. The monoisotopic (exact) mass is 401 g/mol. The zero-order valence-electron chi connectivity index (χ0n) is 16.2. The Morgan fingerprint density at radius 2 is 1.89 bits per heavy atom. The van der Waals surface area contributed by atoms with Gasteiger partial charge in [0.2, 0.25) is 10.0 Å². The molecule has 0 aliphatic carbocycles. The molecule has 1 heterocycles. The molecule has 0 unspecified atom stereocenters. The van der Waals surface area contributed by atoms with Crippen molar-refractivity contribution in [3.63, 3.8) is 0 Å². The van der Waals surface area contributed by atoms with Crippen LogP contribution in [0.5, 0.6) is 0 Å². The summed E-state index contributed by atoms with van der Waals surface area (Å²) < 4.78 is 30.4. The number of Topliss-reactive ketones (excluding diaryl/α,β-unsaturated/α-hetero) is 1. The van der Waals surface area contributed by atoms with Crippen molar-refractivity contribution in [3.8, 4) is 0 Å². The van der Waals surface area contributed by atoms with E-state index < -0.39 is 16.0 Å². The second-order valence-electron chi connectivity index (χ2n) is 7.03. The Morgan fingerprint density at radius 1 is 1.14 bits per heavy atom. The van der Waals surface area contributed by atoms with E-state index in [9.17, 15) is 18.0 Å². The molecule has 3 rings (SSSR count). The number of hydrogen-bond acceptors (Lipinski definition) is 5. The lowest BCUT2D eigenvalue weighted by molar-refractivity contribution is 0.0474. The minimum atomic E-state index is -3.35. The van der Waals surface area contributed by atoms with E-state index >= 15 is 0 Å². The molecule has 0 saturated carbocycles. The fourth-order valence-corrected chi connectivity index (χ4v) is 4.34. The molecule has 1 aliphatic rings. The minimum Gasteiger partial charge on any atom is -0.454 e. The molecule has 6 nitrogen and oxygen atoms in total. The smallest absolute Gasteiger partial charge is 0.338 e. The highest BCUT2D eigenvalue weighted by Crippen LogP contribution is 2.30. The number of fused-ring (bicyclic) bond motifs is 1. The van der Waals surface area contributed by atoms with Crippen LogP contribution in [0.2, 0.25) is 0 Å². The summed E-state index contributed by atoms with van der Waals surface area (Å²) in [5, 5.41) is 0. The molecule has 1 aliphatic heterocycles. The maximum Gasteiger partial charge on any atom is 0.338 e. The van der Waals surface area contributed by atoms with Crippen molar-refractivity contribution in [3.05, 3.63) is 64.2 Å². The SMILES string of the molecule is Cc1cccc(C(=O)OCC(=O)c2ccc3c(c2)CCCN3S(C)(=O)=O)c1C. The van der Waals surface area contributed by atoms with Crippen LogP contribution < -0.4 is 4.31 Å². The number of anilines is 1. The number of ketones is 1. The summed E-state index contributed by atoms with van der Waals surface area (Å²) in [4.78, 5) is 24.8. The van der Waals surface area contributed by atoms with E-state index in [0.29, 0.717) is 36.2 Å². The minimum absolute atomic E-state index is 0.321. The Labute approximate surface area is 165 Å². The summed E-state index contributed by atoms with van der Waals surface area (Å²) in [5.41, 5.74) is 4.08. The van der Waals surface area contributed by atoms with Crippen LogP contribution >= 0.6 is 0 Å². The van der Waals surface area contributed by atoms with Crippen molar-refractivity contribution in [2.75, 3.05) is 23.7 Å². The molecule has 0 aromatic heterocycles. The molecule has 28 heavy (non-hydrogen) atoms. The number of hydrogen-bond donors (Lipinski definition) is 0. The first-order valence-corrected chi connectivity index (χ1v) is 10.9. The number of carbonyl (C=O) groups is 2. The molecule has 0 fully saturated rings. The molecule has 2 aromatic rings. The molecular weight excluding hydrogens is 378 g/mol. The second-order valence-corrected chi connectivity index (χ2v) is 8.94. The number of aryl methyl sites for hydroxylation is 2. The second kappa shape index (κ2) is 7.75. The molecule has 0 N–H and O–H groups in total. The molecule has 148 valence electrons. The molecule has 0 spiro atoms. The number of rotatable bonds is 5. The van der Waals surface area contributed by atoms with E-state index in [1.54, 1.807) is 30.3 Å². The molecule has 0 saturated heterocycles. The van der Waals surface area contributed by atoms with Gasteiger partial charge in [-0.1, -0.05) is 12.1 Å². The van der Waals surface area contributed by atoms with Gasteiger partial charge in [-0.2, -0.15) is 0 Å². The average Bonchev–Trinajstić information content (AvgIpc) is 2.66. The Bertz CT molecular complexity index is 1040. The zero-order chi connectivity index (χ0) is 20.5. The summed E-state index contributed by atoms with van der Waals surface area (Å²) >= 11 is 0. The fourth-order valence-electron chi connectivity index (χ4n) is 3.34. The zero-order valence-corrected chi connectivity index (χ0v) is 17.0. The van der Waals surface area contributed by atoms with Gasteiger partial charge in [0.1, 0.15) is 0 Å². The summed E-state index contributed by atoms with van der Waals surface area (Å²) in [6.45, 7) is 3.82. The first kappa shape index (κ1) is 20.1. The van der Waals surface area contributed by atoms with E-state index in [0.717, 1.165) is 16.7 Å². The predicted octanol–water partition coefficient (Wildman–Crippen LogP) is 3.06. The Hall–Kier alpha value is -2.67. The predicted molar refractivity (Wildman–Crippen MR) is 107 cm³/mol. The molecular formula is C21H23NO5S. The number of nitrogens with zero attached hydrogens (tertiary/aromatic N) is 1. The highest BCUT2D eigenvalue weighted by atomic mass is 32.2. The largest absolute Gasteiger partial charge is 0.454 e. The molecule has 0 amide bonds. The quantitative estimate of drug-likeness (QED) is 0.568. The summed E-state index contributed by atoms with van der Waals surface area (Å²) in [7, 11) is -3.35. The van der Waals surface area contributed by atoms with E-state index in [4.69, 9.17) is 4.74 Å². The van der Waals surface area contributed by atoms with Gasteiger partial charge in [0.25, 0.3) is 0 Å². The van der Waals surface area contributed by atoms with Crippen molar-refractivity contribution in [1.82, 2.24) is 0 Å². The highest BCUT2D eigenvalue weighted by molar-refractivity contribution is 7.92. The highest BCUT2D eigenvalue weighted by Gasteiger charge is 2.25. The lowest BCUT2D eigenvalue weighted by Crippen LogP contribution is -2.34. The van der Waals surface area contributed by atoms with Gasteiger partial charge in [0, 0.05) is 12.1 Å². The number of benzene rings is 2. The summed E-state index contributed by atoms with van der Waals surface area (Å²) in [6.07, 6.45) is 2.57. The van der Waals surface area contributed by atoms with Gasteiger partial charge in [-0.3, -0.25) is 9.10 Å². The Morgan fingerprint density at radius 3 is 2.61 bits per heavy atom. The average molecular weight is 401 g/mol. The number of ether oxygens (including phenoxy) is 1. The summed E-state index contributed by atoms with van der Waals surface area (Å²) in [6, 6.07) is 10.3. The number of esters is 1. The Balaban J connectivity index is 1.73. The maximum atomic E-state index is 12.5. The van der Waals surface area contributed by atoms with E-state index in [-0.39, 0.29) is 12.4 Å². The third kappa shape index (κ3) is 4.09.